The van der Waals surface area contributed by atoms with Crippen molar-refractivity contribution in [1.29, 1.82) is 0 Å². The topological polar surface area (TPSA) is 49.9 Å². The first-order chi connectivity index (χ1) is 11.7. The molecule has 1 atom stereocenters. The highest BCUT2D eigenvalue weighted by Gasteiger charge is 2.30. The summed E-state index contributed by atoms with van der Waals surface area (Å²) in [6.45, 7) is 5.88. The number of carbonyl (C=O) groups excluding carboxylic acids is 2. The van der Waals surface area contributed by atoms with E-state index in [9.17, 15) is 9.59 Å². The van der Waals surface area contributed by atoms with E-state index in [0.717, 1.165) is 56.7 Å². The van der Waals surface area contributed by atoms with Gasteiger partial charge in [0.15, 0.2) is 0 Å². The number of ether oxygens (including phenoxy) is 1. The lowest BCUT2D eigenvalue weighted by Crippen LogP contribution is -2.43. The standard InChI is InChI=1S/C19H26N2O3/c1-2-3-9-20(11-15-8-10-24-14-15)18(22)13-21-12-16-6-4-5-7-17(16)19(21)23/h4-7,15H,2-3,8-14H2,1H3. The molecular formula is C19H26N2O3. The Morgan fingerprint density at radius 3 is 2.92 bits per heavy atom. The molecule has 1 unspecified atom stereocenters. The molecule has 130 valence electrons. The van der Waals surface area contributed by atoms with Crippen LogP contribution >= 0.6 is 0 Å². The molecule has 0 bridgehead atoms. The number of rotatable bonds is 7. The molecule has 1 aromatic carbocycles. The van der Waals surface area contributed by atoms with Crippen molar-refractivity contribution in [2.45, 2.75) is 32.7 Å². The van der Waals surface area contributed by atoms with Crippen molar-refractivity contribution in [1.82, 2.24) is 9.80 Å². The minimum atomic E-state index is -0.0291. The minimum absolute atomic E-state index is 0.0291. The molecule has 2 heterocycles. The molecular weight excluding hydrogens is 304 g/mol. The van der Waals surface area contributed by atoms with Crippen molar-refractivity contribution in [2.75, 3.05) is 32.8 Å². The predicted octanol–water partition coefficient (Wildman–Crippen LogP) is 2.31. The van der Waals surface area contributed by atoms with E-state index in [0.29, 0.717) is 12.5 Å². The first-order valence-electron chi connectivity index (χ1n) is 8.91. The minimum Gasteiger partial charge on any atom is -0.381 e. The molecule has 1 saturated heterocycles. The van der Waals surface area contributed by atoms with E-state index < -0.39 is 0 Å². The van der Waals surface area contributed by atoms with Gasteiger partial charge in [0.05, 0.1) is 6.61 Å². The summed E-state index contributed by atoms with van der Waals surface area (Å²) < 4.78 is 5.43. The van der Waals surface area contributed by atoms with Gasteiger partial charge in [-0.2, -0.15) is 0 Å². The second-order valence-electron chi connectivity index (χ2n) is 6.74. The van der Waals surface area contributed by atoms with Crippen molar-refractivity contribution in [3.05, 3.63) is 35.4 Å². The number of amides is 2. The van der Waals surface area contributed by atoms with Crippen molar-refractivity contribution in [3.8, 4) is 0 Å². The van der Waals surface area contributed by atoms with Crippen LogP contribution < -0.4 is 0 Å². The van der Waals surface area contributed by atoms with Crippen molar-refractivity contribution >= 4 is 11.8 Å². The van der Waals surface area contributed by atoms with Crippen molar-refractivity contribution in [2.24, 2.45) is 5.92 Å². The van der Waals surface area contributed by atoms with Gasteiger partial charge in [0.25, 0.3) is 5.91 Å². The van der Waals surface area contributed by atoms with E-state index in [4.69, 9.17) is 4.74 Å². The Balaban J connectivity index is 1.61. The fourth-order valence-electron chi connectivity index (χ4n) is 3.41. The van der Waals surface area contributed by atoms with Gasteiger partial charge in [-0.15, -0.1) is 0 Å². The third-order valence-electron chi connectivity index (χ3n) is 4.86. The van der Waals surface area contributed by atoms with Gasteiger partial charge < -0.3 is 14.5 Å². The molecule has 24 heavy (non-hydrogen) atoms. The first kappa shape index (κ1) is 17.0. The second-order valence-corrected chi connectivity index (χ2v) is 6.74. The molecule has 5 nitrogen and oxygen atoms in total. The van der Waals surface area contributed by atoms with E-state index >= 15 is 0 Å². The lowest BCUT2D eigenvalue weighted by molar-refractivity contribution is -0.132. The number of benzene rings is 1. The summed E-state index contributed by atoms with van der Waals surface area (Å²) in [6.07, 6.45) is 3.07. The van der Waals surface area contributed by atoms with Gasteiger partial charge in [-0.05, 0) is 24.5 Å². The number of carbonyl (C=O) groups is 2. The van der Waals surface area contributed by atoms with Crippen molar-refractivity contribution < 1.29 is 14.3 Å². The molecule has 3 rings (SSSR count). The zero-order valence-corrected chi connectivity index (χ0v) is 14.4. The molecule has 0 aliphatic carbocycles. The van der Waals surface area contributed by atoms with E-state index in [1.165, 1.54) is 0 Å². The Bertz CT molecular complexity index is 596. The molecule has 2 aliphatic rings. The highest BCUT2D eigenvalue weighted by Crippen LogP contribution is 2.22. The van der Waals surface area contributed by atoms with Gasteiger partial charge in [-0.1, -0.05) is 31.5 Å². The lowest BCUT2D eigenvalue weighted by atomic mass is 10.1. The number of hydrogen-bond donors (Lipinski definition) is 0. The monoisotopic (exact) mass is 330 g/mol. The fourth-order valence-corrected chi connectivity index (χ4v) is 3.41. The molecule has 0 saturated carbocycles. The molecule has 1 aromatic rings. The van der Waals surface area contributed by atoms with Gasteiger partial charge in [0, 0.05) is 37.7 Å². The quantitative estimate of drug-likeness (QED) is 0.771. The molecule has 1 fully saturated rings. The van der Waals surface area contributed by atoms with Gasteiger partial charge in [-0.25, -0.2) is 0 Å². The third kappa shape index (κ3) is 3.78. The van der Waals surface area contributed by atoms with E-state index in [-0.39, 0.29) is 18.4 Å². The van der Waals surface area contributed by atoms with Crippen LogP contribution in [0.3, 0.4) is 0 Å². The Morgan fingerprint density at radius 2 is 2.21 bits per heavy atom. The zero-order valence-electron chi connectivity index (χ0n) is 14.4. The zero-order chi connectivity index (χ0) is 16.9. The van der Waals surface area contributed by atoms with E-state index in [1.54, 1.807) is 4.90 Å². The Labute approximate surface area is 143 Å². The van der Waals surface area contributed by atoms with Crippen LogP contribution in [0.15, 0.2) is 24.3 Å². The number of unbranched alkanes of at least 4 members (excludes halogenated alkanes) is 1. The van der Waals surface area contributed by atoms with Gasteiger partial charge in [0.2, 0.25) is 5.91 Å². The maximum atomic E-state index is 12.8. The average molecular weight is 330 g/mol. The fraction of sp³-hybridized carbons (Fsp3) is 0.579. The maximum absolute atomic E-state index is 12.8. The summed E-state index contributed by atoms with van der Waals surface area (Å²) >= 11 is 0. The SMILES string of the molecule is CCCCN(CC1CCOC1)C(=O)CN1Cc2ccccc2C1=O. The van der Waals surface area contributed by atoms with Crippen LogP contribution in [0.2, 0.25) is 0 Å². The van der Waals surface area contributed by atoms with Crippen LogP contribution in [0.4, 0.5) is 0 Å². The van der Waals surface area contributed by atoms with Crippen LogP contribution in [-0.2, 0) is 16.1 Å². The predicted molar refractivity (Wildman–Crippen MR) is 91.6 cm³/mol. The molecule has 0 spiro atoms. The van der Waals surface area contributed by atoms with Crippen LogP contribution in [0.5, 0.6) is 0 Å². The largest absolute Gasteiger partial charge is 0.381 e. The summed E-state index contributed by atoms with van der Waals surface area (Å²) in [5.41, 5.74) is 1.74. The summed E-state index contributed by atoms with van der Waals surface area (Å²) in [7, 11) is 0. The van der Waals surface area contributed by atoms with Crippen LogP contribution in [-0.4, -0.2) is 54.5 Å². The van der Waals surface area contributed by atoms with Crippen molar-refractivity contribution in [3.63, 3.8) is 0 Å². The Hall–Kier alpha value is -1.88. The lowest BCUT2D eigenvalue weighted by Gasteiger charge is -2.27. The molecule has 5 heteroatoms. The summed E-state index contributed by atoms with van der Waals surface area (Å²) in [4.78, 5) is 28.8. The summed E-state index contributed by atoms with van der Waals surface area (Å²) in [6, 6.07) is 7.61. The Morgan fingerprint density at radius 1 is 1.38 bits per heavy atom. The van der Waals surface area contributed by atoms with Gasteiger partial charge in [-0.3, -0.25) is 9.59 Å². The Kier molecular flexibility index (Phi) is 5.51. The summed E-state index contributed by atoms with van der Waals surface area (Å²) in [5, 5.41) is 0. The second kappa shape index (κ2) is 7.79. The highest BCUT2D eigenvalue weighted by molar-refractivity contribution is 6.00. The smallest absolute Gasteiger partial charge is 0.254 e. The van der Waals surface area contributed by atoms with Gasteiger partial charge in [0.1, 0.15) is 6.54 Å². The highest BCUT2D eigenvalue weighted by atomic mass is 16.5. The van der Waals surface area contributed by atoms with E-state index in [2.05, 4.69) is 6.92 Å². The first-order valence-corrected chi connectivity index (χ1v) is 8.91. The average Bonchev–Trinajstić information content (AvgIpc) is 3.20. The normalized spacial score (nSPS) is 19.6. The number of hydrogen-bond acceptors (Lipinski definition) is 3. The van der Waals surface area contributed by atoms with Crippen LogP contribution in [0, 0.1) is 5.92 Å². The molecule has 0 aromatic heterocycles. The molecule has 2 aliphatic heterocycles. The maximum Gasteiger partial charge on any atom is 0.254 e. The molecule has 0 radical (unpaired) electrons. The van der Waals surface area contributed by atoms with Crippen LogP contribution in [0.25, 0.3) is 0 Å². The number of fused-ring (bicyclic) bond motifs is 1. The molecule has 0 N–H and O–H groups in total. The number of nitrogens with zero attached hydrogens (tertiary/aromatic N) is 2. The van der Waals surface area contributed by atoms with E-state index in [1.807, 2.05) is 29.2 Å². The molecule has 2 amide bonds. The third-order valence-corrected chi connectivity index (χ3v) is 4.86. The van der Waals surface area contributed by atoms with Crippen LogP contribution in [0.1, 0.15) is 42.1 Å². The van der Waals surface area contributed by atoms with Gasteiger partial charge >= 0.3 is 0 Å². The summed E-state index contributed by atoms with van der Waals surface area (Å²) in [5.74, 6) is 0.451.